The van der Waals surface area contributed by atoms with Gasteiger partial charge in [-0.25, -0.2) is 4.39 Å². The first-order chi connectivity index (χ1) is 9.45. The maximum Gasteiger partial charge on any atom is 0.226 e. The van der Waals surface area contributed by atoms with Crippen LogP contribution in [-0.4, -0.2) is 15.7 Å². The number of hydrogen-bond donors (Lipinski definition) is 1. The van der Waals surface area contributed by atoms with E-state index >= 15 is 0 Å². The van der Waals surface area contributed by atoms with Gasteiger partial charge in [-0.2, -0.15) is 5.10 Å². The van der Waals surface area contributed by atoms with Gasteiger partial charge < -0.3 is 5.32 Å². The Morgan fingerprint density at radius 1 is 1.45 bits per heavy atom. The Morgan fingerprint density at radius 3 is 2.80 bits per heavy atom. The van der Waals surface area contributed by atoms with Crippen molar-refractivity contribution in [3.05, 3.63) is 44.9 Å². The zero-order valence-corrected chi connectivity index (χ0v) is 13.8. The van der Waals surface area contributed by atoms with E-state index in [-0.39, 0.29) is 18.0 Å². The molecule has 0 fully saturated rings. The summed E-state index contributed by atoms with van der Waals surface area (Å²) >= 11 is 6.52. The standard InChI is InChI=1S/C13H12Br2FN3O/c1-8-10(15)7-19(18-8)5-4-13(20)17-12-3-2-9(14)6-11(12)16/h2-3,6-7H,4-5H2,1H3,(H,17,20). The second kappa shape index (κ2) is 6.49. The lowest BCUT2D eigenvalue weighted by molar-refractivity contribution is -0.116. The van der Waals surface area contributed by atoms with Crippen LogP contribution in [0.1, 0.15) is 12.1 Å². The molecule has 0 saturated carbocycles. The van der Waals surface area contributed by atoms with Gasteiger partial charge in [-0.15, -0.1) is 0 Å². The molecule has 1 aromatic carbocycles. The molecule has 4 nitrogen and oxygen atoms in total. The minimum atomic E-state index is -0.467. The first kappa shape index (κ1) is 15.2. The third kappa shape index (κ3) is 3.89. The van der Waals surface area contributed by atoms with Crippen molar-refractivity contribution in [1.29, 1.82) is 0 Å². The van der Waals surface area contributed by atoms with Gasteiger partial charge in [0, 0.05) is 23.6 Å². The molecule has 0 spiro atoms. The van der Waals surface area contributed by atoms with E-state index in [4.69, 9.17) is 0 Å². The highest BCUT2D eigenvalue weighted by Gasteiger charge is 2.08. The summed E-state index contributed by atoms with van der Waals surface area (Å²) in [6.45, 7) is 2.31. The SMILES string of the molecule is Cc1nn(CCC(=O)Nc2ccc(Br)cc2F)cc1Br. The van der Waals surface area contributed by atoms with E-state index in [1.807, 2.05) is 13.1 Å². The molecule has 2 rings (SSSR count). The number of carbonyl (C=O) groups excluding carboxylic acids is 1. The van der Waals surface area contributed by atoms with Gasteiger partial charge in [0.15, 0.2) is 0 Å². The quantitative estimate of drug-likeness (QED) is 0.840. The summed E-state index contributed by atoms with van der Waals surface area (Å²) in [5, 5.41) is 6.77. The molecule has 1 N–H and O–H groups in total. The predicted molar refractivity (Wildman–Crippen MR) is 82.0 cm³/mol. The van der Waals surface area contributed by atoms with Crippen LogP contribution in [0.4, 0.5) is 10.1 Å². The van der Waals surface area contributed by atoms with Crippen molar-refractivity contribution in [2.24, 2.45) is 0 Å². The second-order valence-corrected chi connectivity index (χ2v) is 6.02. The first-order valence-corrected chi connectivity index (χ1v) is 7.49. The number of benzene rings is 1. The van der Waals surface area contributed by atoms with Gasteiger partial charge in [-0.05, 0) is 41.1 Å². The summed E-state index contributed by atoms with van der Waals surface area (Å²) in [5.74, 6) is -0.721. The minimum absolute atomic E-state index is 0.177. The summed E-state index contributed by atoms with van der Waals surface area (Å²) in [7, 11) is 0. The van der Waals surface area contributed by atoms with Crippen molar-refractivity contribution in [3.63, 3.8) is 0 Å². The molecule has 7 heteroatoms. The summed E-state index contributed by atoms with van der Waals surface area (Å²) < 4.78 is 16.8. The topological polar surface area (TPSA) is 46.9 Å². The molecular weight excluding hydrogens is 393 g/mol. The summed E-state index contributed by atoms with van der Waals surface area (Å²) in [4.78, 5) is 11.8. The molecule has 0 unspecified atom stereocenters. The van der Waals surface area contributed by atoms with Crippen molar-refractivity contribution < 1.29 is 9.18 Å². The fourth-order valence-electron chi connectivity index (χ4n) is 1.63. The molecule has 1 amide bonds. The summed E-state index contributed by atoms with van der Waals surface area (Å²) in [6.07, 6.45) is 2.03. The molecule has 0 aliphatic rings. The average Bonchev–Trinajstić information content (AvgIpc) is 2.70. The van der Waals surface area contributed by atoms with E-state index in [1.165, 1.54) is 12.1 Å². The van der Waals surface area contributed by atoms with Crippen LogP contribution in [0, 0.1) is 12.7 Å². The predicted octanol–water partition coefficient (Wildman–Crippen LogP) is 3.88. The number of nitrogens with one attached hydrogen (secondary N) is 1. The molecule has 0 atom stereocenters. The molecule has 0 bridgehead atoms. The summed E-state index contributed by atoms with van der Waals surface area (Å²) in [5.41, 5.74) is 1.04. The molecule has 0 radical (unpaired) electrons. The number of anilines is 1. The minimum Gasteiger partial charge on any atom is -0.324 e. The third-order valence-electron chi connectivity index (χ3n) is 2.66. The van der Waals surface area contributed by atoms with Crippen LogP contribution in [-0.2, 0) is 11.3 Å². The number of aryl methyl sites for hydroxylation is 2. The number of nitrogens with zero attached hydrogens (tertiary/aromatic N) is 2. The molecule has 2 aromatic rings. The summed E-state index contributed by atoms with van der Waals surface area (Å²) in [6, 6.07) is 4.50. The highest BCUT2D eigenvalue weighted by molar-refractivity contribution is 9.10. The fraction of sp³-hybridized carbons (Fsp3) is 0.231. The maximum atomic E-state index is 13.6. The van der Waals surface area contributed by atoms with Crippen molar-refractivity contribution in [1.82, 2.24) is 9.78 Å². The molecular formula is C13H12Br2FN3O. The van der Waals surface area contributed by atoms with E-state index in [1.54, 1.807) is 10.7 Å². The number of amides is 1. The van der Waals surface area contributed by atoms with E-state index in [0.29, 0.717) is 11.0 Å². The van der Waals surface area contributed by atoms with Crippen LogP contribution < -0.4 is 5.32 Å². The Hall–Kier alpha value is -1.21. The number of hydrogen-bond acceptors (Lipinski definition) is 2. The smallest absolute Gasteiger partial charge is 0.226 e. The van der Waals surface area contributed by atoms with Crippen molar-refractivity contribution in [3.8, 4) is 0 Å². The van der Waals surface area contributed by atoms with Crippen LogP contribution in [0.3, 0.4) is 0 Å². The molecule has 20 heavy (non-hydrogen) atoms. The number of halogens is 3. The van der Waals surface area contributed by atoms with Gasteiger partial charge >= 0.3 is 0 Å². The van der Waals surface area contributed by atoms with Gasteiger partial charge in [0.2, 0.25) is 5.91 Å². The van der Waals surface area contributed by atoms with Crippen molar-refractivity contribution in [2.45, 2.75) is 19.9 Å². The van der Waals surface area contributed by atoms with Crippen LogP contribution in [0.2, 0.25) is 0 Å². The highest BCUT2D eigenvalue weighted by Crippen LogP contribution is 2.19. The van der Waals surface area contributed by atoms with Gasteiger partial charge in [0.1, 0.15) is 5.82 Å². The zero-order valence-electron chi connectivity index (χ0n) is 10.7. The number of carbonyl (C=O) groups is 1. The van der Waals surface area contributed by atoms with Gasteiger partial charge in [0.05, 0.1) is 15.9 Å². The lowest BCUT2D eigenvalue weighted by Gasteiger charge is -2.06. The Bertz CT molecular complexity index is 623. The molecule has 0 aliphatic heterocycles. The Kier molecular flexibility index (Phi) is 4.93. The Balaban J connectivity index is 1.92. The highest BCUT2D eigenvalue weighted by atomic mass is 79.9. The molecule has 0 saturated heterocycles. The Morgan fingerprint density at radius 2 is 2.20 bits per heavy atom. The zero-order chi connectivity index (χ0) is 14.7. The van der Waals surface area contributed by atoms with Crippen molar-refractivity contribution in [2.75, 3.05) is 5.32 Å². The van der Waals surface area contributed by atoms with Crippen molar-refractivity contribution >= 4 is 43.5 Å². The molecule has 1 heterocycles. The number of rotatable bonds is 4. The molecule has 0 aliphatic carbocycles. The second-order valence-electron chi connectivity index (χ2n) is 4.25. The van der Waals surface area contributed by atoms with E-state index in [0.717, 1.165) is 10.2 Å². The largest absolute Gasteiger partial charge is 0.324 e. The third-order valence-corrected chi connectivity index (χ3v) is 3.93. The lowest BCUT2D eigenvalue weighted by atomic mass is 10.3. The first-order valence-electron chi connectivity index (χ1n) is 5.90. The molecule has 1 aromatic heterocycles. The normalized spacial score (nSPS) is 10.6. The van der Waals surface area contributed by atoms with Gasteiger partial charge in [0.25, 0.3) is 0 Å². The van der Waals surface area contributed by atoms with Crippen LogP contribution in [0.25, 0.3) is 0 Å². The van der Waals surface area contributed by atoms with Gasteiger partial charge in [-0.1, -0.05) is 15.9 Å². The van der Waals surface area contributed by atoms with Gasteiger partial charge in [-0.3, -0.25) is 9.48 Å². The maximum absolute atomic E-state index is 13.6. The monoisotopic (exact) mass is 403 g/mol. The number of aromatic nitrogens is 2. The average molecular weight is 405 g/mol. The fourth-order valence-corrected chi connectivity index (χ4v) is 2.28. The van der Waals surface area contributed by atoms with E-state index < -0.39 is 5.82 Å². The van der Waals surface area contributed by atoms with E-state index in [2.05, 4.69) is 42.3 Å². The lowest BCUT2D eigenvalue weighted by Crippen LogP contribution is -2.15. The molecule has 106 valence electrons. The van der Waals surface area contributed by atoms with Crippen LogP contribution >= 0.6 is 31.9 Å². The van der Waals surface area contributed by atoms with Crippen LogP contribution in [0.15, 0.2) is 33.3 Å². The Labute approximate surface area is 132 Å². The van der Waals surface area contributed by atoms with Crippen LogP contribution in [0.5, 0.6) is 0 Å². The van der Waals surface area contributed by atoms with E-state index in [9.17, 15) is 9.18 Å².